The molecule has 0 aliphatic heterocycles. The fraction of sp³-hybridized carbons (Fsp3) is 0.250. The molecule has 1 atom stereocenters. The van der Waals surface area contributed by atoms with Gasteiger partial charge in [0.2, 0.25) is 0 Å². The van der Waals surface area contributed by atoms with E-state index in [2.05, 4.69) is 15.9 Å². The van der Waals surface area contributed by atoms with E-state index >= 15 is 0 Å². The first kappa shape index (κ1) is 14.2. The summed E-state index contributed by atoms with van der Waals surface area (Å²) in [5.74, 6) is -0.296. The lowest BCUT2D eigenvalue weighted by Crippen LogP contribution is -2.24. The van der Waals surface area contributed by atoms with E-state index < -0.39 is 5.60 Å². The molecule has 0 radical (unpaired) electrons. The van der Waals surface area contributed by atoms with E-state index in [0.717, 1.165) is 15.6 Å². The lowest BCUT2D eigenvalue weighted by molar-refractivity contribution is 0.0567. The number of aliphatic hydroxyl groups is 1. The minimum Gasteiger partial charge on any atom is -0.385 e. The Morgan fingerprint density at radius 1 is 1.16 bits per heavy atom. The lowest BCUT2D eigenvalue weighted by atomic mass is 9.88. The van der Waals surface area contributed by atoms with E-state index in [1.165, 1.54) is 6.07 Å². The molecule has 2 aromatic rings. The maximum Gasteiger partial charge on any atom is 0.126 e. The van der Waals surface area contributed by atoms with Crippen molar-refractivity contribution in [3.63, 3.8) is 0 Å². The smallest absolute Gasteiger partial charge is 0.126 e. The van der Waals surface area contributed by atoms with Gasteiger partial charge >= 0.3 is 0 Å². The largest absolute Gasteiger partial charge is 0.385 e. The third kappa shape index (κ3) is 3.43. The minimum absolute atomic E-state index is 0.237. The maximum atomic E-state index is 13.7. The van der Waals surface area contributed by atoms with Gasteiger partial charge in [0.1, 0.15) is 5.82 Å². The van der Waals surface area contributed by atoms with Crippen LogP contribution in [0.3, 0.4) is 0 Å². The summed E-state index contributed by atoms with van der Waals surface area (Å²) >= 11 is 3.32. The van der Waals surface area contributed by atoms with E-state index in [1.807, 2.05) is 31.2 Å². The Labute approximate surface area is 121 Å². The third-order valence-corrected chi connectivity index (χ3v) is 3.71. The molecule has 3 heteroatoms. The molecule has 1 N–H and O–H groups in total. The fourth-order valence-corrected chi connectivity index (χ4v) is 2.47. The highest BCUT2D eigenvalue weighted by Crippen LogP contribution is 2.28. The monoisotopic (exact) mass is 322 g/mol. The summed E-state index contributed by atoms with van der Waals surface area (Å²) in [6, 6.07) is 12.4. The molecule has 19 heavy (non-hydrogen) atoms. The summed E-state index contributed by atoms with van der Waals surface area (Å²) in [6.45, 7) is 3.70. The molecule has 0 saturated heterocycles. The standard InChI is InChI=1S/C16H16BrFO/c1-11-3-5-13(6-4-11)16(2,19)10-12-9-14(17)7-8-15(12)18/h3-9,19H,10H2,1-2H3. The van der Waals surface area contributed by atoms with Crippen molar-refractivity contribution in [2.45, 2.75) is 25.9 Å². The first-order valence-corrected chi connectivity index (χ1v) is 6.91. The highest BCUT2D eigenvalue weighted by Gasteiger charge is 2.24. The molecule has 2 rings (SSSR count). The summed E-state index contributed by atoms with van der Waals surface area (Å²) < 4.78 is 14.6. The van der Waals surface area contributed by atoms with Gasteiger partial charge in [0.15, 0.2) is 0 Å². The molecule has 2 aromatic carbocycles. The van der Waals surface area contributed by atoms with Crippen molar-refractivity contribution in [2.24, 2.45) is 0 Å². The third-order valence-electron chi connectivity index (χ3n) is 3.22. The van der Waals surface area contributed by atoms with Gasteiger partial charge in [-0.25, -0.2) is 4.39 Å². The molecule has 0 spiro atoms. The van der Waals surface area contributed by atoms with Gasteiger partial charge in [-0.2, -0.15) is 0 Å². The van der Waals surface area contributed by atoms with Crippen LogP contribution >= 0.6 is 15.9 Å². The molecule has 0 heterocycles. The minimum atomic E-state index is -1.09. The summed E-state index contributed by atoms with van der Waals surface area (Å²) in [5, 5.41) is 10.6. The van der Waals surface area contributed by atoms with Gasteiger partial charge in [-0.05, 0) is 43.2 Å². The van der Waals surface area contributed by atoms with Crippen molar-refractivity contribution in [2.75, 3.05) is 0 Å². The van der Waals surface area contributed by atoms with E-state index in [1.54, 1.807) is 19.1 Å². The summed E-state index contributed by atoms with van der Waals surface area (Å²) in [6.07, 6.45) is 0.237. The number of benzene rings is 2. The van der Waals surface area contributed by atoms with Gasteiger partial charge in [-0.3, -0.25) is 0 Å². The first-order valence-electron chi connectivity index (χ1n) is 6.12. The molecule has 0 fully saturated rings. The molecule has 1 nitrogen and oxygen atoms in total. The zero-order chi connectivity index (χ0) is 14.0. The molecule has 0 aliphatic rings. The van der Waals surface area contributed by atoms with Crippen molar-refractivity contribution in [1.82, 2.24) is 0 Å². The SMILES string of the molecule is Cc1ccc(C(C)(O)Cc2cc(Br)ccc2F)cc1. The van der Waals surface area contributed by atoms with Crippen molar-refractivity contribution < 1.29 is 9.50 Å². The summed E-state index contributed by atoms with van der Waals surface area (Å²) in [5.41, 5.74) is 1.33. The highest BCUT2D eigenvalue weighted by molar-refractivity contribution is 9.10. The quantitative estimate of drug-likeness (QED) is 0.890. The fourth-order valence-electron chi connectivity index (χ4n) is 2.06. The molecular formula is C16H16BrFO. The second-order valence-electron chi connectivity index (χ2n) is 5.05. The number of halogens is 2. The number of hydrogen-bond donors (Lipinski definition) is 1. The van der Waals surface area contributed by atoms with Crippen molar-refractivity contribution in [3.8, 4) is 0 Å². The summed E-state index contributed by atoms with van der Waals surface area (Å²) in [4.78, 5) is 0. The number of hydrogen-bond acceptors (Lipinski definition) is 1. The zero-order valence-electron chi connectivity index (χ0n) is 11.0. The predicted octanol–water partition coefficient (Wildman–Crippen LogP) is 4.35. The molecule has 0 bridgehead atoms. The molecule has 100 valence electrons. The Kier molecular flexibility index (Phi) is 4.07. The Balaban J connectivity index is 2.30. The van der Waals surface area contributed by atoms with Crippen LogP contribution in [0.1, 0.15) is 23.6 Å². The molecule has 1 unspecified atom stereocenters. The van der Waals surface area contributed by atoms with Crippen LogP contribution in [-0.4, -0.2) is 5.11 Å². The van der Waals surface area contributed by atoms with Crippen LogP contribution in [0.4, 0.5) is 4.39 Å². The van der Waals surface area contributed by atoms with Crippen LogP contribution in [0.2, 0.25) is 0 Å². The van der Waals surface area contributed by atoms with Crippen LogP contribution in [0.15, 0.2) is 46.9 Å². The number of aryl methyl sites for hydroxylation is 1. The second-order valence-corrected chi connectivity index (χ2v) is 5.97. The molecule has 0 aliphatic carbocycles. The van der Waals surface area contributed by atoms with Crippen molar-refractivity contribution in [1.29, 1.82) is 0 Å². The Hall–Kier alpha value is -1.19. The zero-order valence-corrected chi connectivity index (χ0v) is 12.5. The van der Waals surface area contributed by atoms with Gasteiger partial charge in [0.05, 0.1) is 5.60 Å². The first-order chi connectivity index (χ1) is 8.88. The van der Waals surface area contributed by atoms with E-state index in [0.29, 0.717) is 5.56 Å². The summed E-state index contributed by atoms with van der Waals surface area (Å²) in [7, 11) is 0. The number of rotatable bonds is 3. The Morgan fingerprint density at radius 2 is 1.79 bits per heavy atom. The second kappa shape index (κ2) is 5.43. The average molecular weight is 323 g/mol. The average Bonchev–Trinajstić information content (AvgIpc) is 2.34. The van der Waals surface area contributed by atoms with Crippen molar-refractivity contribution in [3.05, 3.63) is 69.4 Å². The topological polar surface area (TPSA) is 20.2 Å². The van der Waals surface area contributed by atoms with E-state index in [-0.39, 0.29) is 12.2 Å². The van der Waals surface area contributed by atoms with Gasteiger partial charge in [0.25, 0.3) is 0 Å². The van der Waals surface area contributed by atoms with Crippen LogP contribution in [0, 0.1) is 12.7 Å². The van der Waals surface area contributed by atoms with Gasteiger partial charge in [-0.1, -0.05) is 45.8 Å². The highest BCUT2D eigenvalue weighted by atomic mass is 79.9. The Morgan fingerprint density at radius 3 is 2.42 bits per heavy atom. The van der Waals surface area contributed by atoms with Crippen LogP contribution < -0.4 is 0 Å². The molecular weight excluding hydrogens is 307 g/mol. The van der Waals surface area contributed by atoms with Gasteiger partial charge in [0, 0.05) is 10.9 Å². The predicted molar refractivity (Wildman–Crippen MR) is 78.6 cm³/mol. The van der Waals surface area contributed by atoms with E-state index in [9.17, 15) is 9.50 Å². The maximum absolute atomic E-state index is 13.7. The molecule has 0 saturated carbocycles. The van der Waals surface area contributed by atoms with Crippen molar-refractivity contribution >= 4 is 15.9 Å². The van der Waals surface area contributed by atoms with Gasteiger partial charge < -0.3 is 5.11 Å². The lowest BCUT2D eigenvalue weighted by Gasteiger charge is -2.24. The molecule has 0 amide bonds. The molecule has 0 aromatic heterocycles. The van der Waals surface area contributed by atoms with Crippen LogP contribution in [-0.2, 0) is 12.0 Å². The van der Waals surface area contributed by atoms with E-state index in [4.69, 9.17) is 0 Å². The van der Waals surface area contributed by atoms with Crippen LogP contribution in [0.25, 0.3) is 0 Å². The normalized spacial score (nSPS) is 14.2. The van der Waals surface area contributed by atoms with Crippen LogP contribution in [0.5, 0.6) is 0 Å². The Bertz CT molecular complexity index is 576. The van der Waals surface area contributed by atoms with Gasteiger partial charge in [-0.15, -0.1) is 0 Å².